The molecule has 0 fully saturated rings. The molecule has 0 aromatic heterocycles. The van der Waals surface area contributed by atoms with Gasteiger partial charge >= 0.3 is 5.97 Å². The Bertz CT molecular complexity index is 406. The molecule has 0 radical (unpaired) electrons. The summed E-state index contributed by atoms with van der Waals surface area (Å²) in [5.74, 6) is -0.497. The van der Waals surface area contributed by atoms with Crippen molar-refractivity contribution in [1.82, 2.24) is 0 Å². The van der Waals surface area contributed by atoms with E-state index in [1.165, 1.54) is 63.7 Å². The quantitative estimate of drug-likeness (QED) is 0.160. The molecule has 2 N–H and O–H groups in total. The van der Waals surface area contributed by atoms with Crippen molar-refractivity contribution < 1.29 is 19.8 Å². The molecule has 1 heterocycles. The minimum absolute atomic E-state index is 0.00334. The summed E-state index contributed by atoms with van der Waals surface area (Å²) in [7, 11) is 0. The Morgan fingerprint density at radius 2 is 1.71 bits per heavy atom. The number of hydrogen-bond donors (Lipinski definition) is 2. The Kier molecular flexibility index (Phi) is 11.2. The van der Waals surface area contributed by atoms with Crippen LogP contribution in [0.4, 0.5) is 0 Å². The minimum Gasteiger partial charge on any atom is -0.429 e. The van der Waals surface area contributed by atoms with Crippen LogP contribution in [0, 0.1) is 5.92 Å². The summed E-state index contributed by atoms with van der Waals surface area (Å²) in [4.78, 5) is 11.2. The van der Waals surface area contributed by atoms with Crippen molar-refractivity contribution in [3.63, 3.8) is 0 Å². The van der Waals surface area contributed by atoms with Gasteiger partial charge in [-0.2, -0.15) is 0 Å². The number of nitrogens with zero attached hydrogens (tertiary/aromatic N) is 1. The van der Waals surface area contributed by atoms with E-state index in [9.17, 15) is 9.90 Å². The lowest BCUT2D eigenvalue weighted by atomic mass is 9.90. The van der Waals surface area contributed by atoms with E-state index in [0.29, 0.717) is 12.0 Å². The summed E-state index contributed by atoms with van der Waals surface area (Å²) < 4.78 is 4.75. The van der Waals surface area contributed by atoms with E-state index in [2.05, 4.69) is 12.1 Å². The number of unbranched alkanes of at least 4 members (excludes halogenated alkanes) is 9. The van der Waals surface area contributed by atoms with Gasteiger partial charge in [0.2, 0.25) is 6.29 Å². The second-order valence-electron chi connectivity index (χ2n) is 6.63. The molecule has 1 aliphatic rings. The molecule has 1 rings (SSSR count). The second-order valence-corrected chi connectivity index (χ2v) is 6.63. The standard InChI is InChI=1S/C19H33NO4/c1-2-3-4-5-6-7-8-9-10-11-12-16(13-14-20-23)17-15-18(21)24-19(17)22/h14-16,19,22-23H,2-13H2,1H3/b20-14+. The second kappa shape index (κ2) is 13.0. The molecule has 138 valence electrons. The first-order valence-electron chi connectivity index (χ1n) is 9.45. The van der Waals surface area contributed by atoms with Crippen LogP contribution in [0.25, 0.3) is 0 Å². The number of cyclic esters (lactones) is 1. The van der Waals surface area contributed by atoms with Crippen molar-refractivity contribution in [3.8, 4) is 0 Å². The van der Waals surface area contributed by atoms with Crippen LogP contribution in [0.15, 0.2) is 16.8 Å². The van der Waals surface area contributed by atoms with Crippen LogP contribution in [-0.2, 0) is 9.53 Å². The lowest BCUT2D eigenvalue weighted by Crippen LogP contribution is -2.17. The fourth-order valence-corrected chi connectivity index (χ4v) is 3.21. The number of esters is 1. The van der Waals surface area contributed by atoms with Gasteiger partial charge in [0.05, 0.1) is 0 Å². The van der Waals surface area contributed by atoms with Crippen LogP contribution < -0.4 is 0 Å². The smallest absolute Gasteiger partial charge is 0.333 e. The van der Waals surface area contributed by atoms with Gasteiger partial charge < -0.3 is 15.1 Å². The average molecular weight is 339 g/mol. The third-order valence-electron chi connectivity index (χ3n) is 4.65. The minimum atomic E-state index is -1.14. The van der Waals surface area contributed by atoms with Crippen molar-refractivity contribution >= 4 is 12.2 Å². The van der Waals surface area contributed by atoms with Gasteiger partial charge in [-0.3, -0.25) is 0 Å². The predicted octanol–water partition coefficient (Wildman–Crippen LogP) is 4.57. The Hall–Kier alpha value is -1.36. The number of rotatable bonds is 14. The van der Waals surface area contributed by atoms with Crippen LogP contribution in [-0.4, -0.2) is 28.8 Å². The highest BCUT2D eigenvalue weighted by atomic mass is 16.6. The Morgan fingerprint density at radius 1 is 1.12 bits per heavy atom. The maximum absolute atomic E-state index is 11.2. The lowest BCUT2D eigenvalue weighted by Gasteiger charge is -2.18. The van der Waals surface area contributed by atoms with Crippen molar-refractivity contribution in [2.45, 2.75) is 90.3 Å². The first-order chi connectivity index (χ1) is 11.7. The molecule has 24 heavy (non-hydrogen) atoms. The molecule has 0 saturated carbocycles. The van der Waals surface area contributed by atoms with Crippen LogP contribution in [0.3, 0.4) is 0 Å². The van der Waals surface area contributed by atoms with E-state index < -0.39 is 12.3 Å². The molecule has 2 unspecified atom stereocenters. The maximum atomic E-state index is 11.2. The number of oxime groups is 1. The highest BCUT2D eigenvalue weighted by molar-refractivity contribution is 5.85. The third-order valence-corrected chi connectivity index (χ3v) is 4.65. The topological polar surface area (TPSA) is 79.1 Å². The van der Waals surface area contributed by atoms with Gasteiger partial charge in [-0.15, -0.1) is 5.16 Å². The van der Waals surface area contributed by atoms with E-state index in [0.717, 1.165) is 19.3 Å². The molecule has 0 aromatic carbocycles. The highest BCUT2D eigenvalue weighted by Crippen LogP contribution is 2.28. The van der Waals surface area contributed by atoms with Crippen LogP contribution >= 0.6 is 0 Å². The Labute approximate surface area is 145 Å². The summed E-state index contributed by atoms with van der Waals surface area (Å²) in [6.07, 6.45) is 15.7. The van der Waals surface area contributed by atoms with Gasteiger partial charge in [0, 0.05) is 17.9 Å². The molecule has 0 bridgehead atoms. The molecular weight excluding hydrogens is 306 g/mol. The van der Waals surface area contributed by atoms with Crippen LogP contribution in [0.5, 0.6) is 0 Å². The SMILES string of the molecule is CCCCCCCCCCCCC(C/C=N/O)C1=CC(=O)OC1O. The fourth-order valence-electron chi connectivity index (χ4n) is 3.21. The summed E-state index contributed by atoms with van der Waals surface area (Å²) >= 11 is 0. The molecule has 0 aromatic rings. The van der Waals surface area contributed by atoms with Crippen molar-refractivity contribution in [2.24, 2.45) is 11.1 Å². The molecule has 5 nitrogen and oxygen atoms in total. The summed E-state index contributed by atoms with van der Waals surface area (Å²) in [5.41, 5.74) is 0.607. The van der Waals surface area contributed by atoms with Gasteiger partial charge in [-0.1, -0.05) is 71.1 Å². The van der Waals surface area contributed by atoms with E-state index in [4.69, 9.17) is 9.94 Å². The summed E-state index contributed by atoms with van der Waals surface area (Å²) in [6.45, 7) is 2.24. The molecular formula is C19H33NO4. The predicted molar refractivity (Wildman–Crippen MR) is 95.0 cm³/mol. The molecule has 0 saturated heterocycles. The monoisotopic (exact) mass is 339 g/mol. The molecule has 2 atom stereocenters. The molecule has 0 aliphatic carbocycles. The maximum Gasteiger partial charge on any atom is 0.333 e. The lowest BCUT2D eigenvalue weighted by molar-refractivity contribution is -0.151. The van der Waals surface area contributed by atoms with Crippen LogP contribution in [0.1, 0.15) is 84.0 Å². The Balaban J connectivity index is 2.17. The molecule has 5 heteroatoms. The molecule has 0 amide bonds. The average Bonchev–Trinajstić information content (AvgIpc) is 2.90. The van der Waals surface area contributed by atoms with E-state index >= 15 is 0 Å². The van der Waals surface area contributed by atoms with E-state index in [1.807, 2.05) is 0 Å². The van der Waals surface area contributed by atoms with Crippen LogP contribution in [0.2, 0.25) is 0 Å². The van der Waals surface area contributed by atoms with Gasteiger partial charge in [-0.05, 0) is 18.8 Å². The zero-order valence-electron chi connectivity index (χ0n) is 15.0. The van der Waals surface area contributed by atoms with Gasteiger partial charge in [0.1, 0.15) is 0 Å². The zero-order valence-corrected chi connectivity index (χ0v) is 15.0. The normalized spacial score (nSPS) is 18.8. The molecule has 0 spiro atoms. The van der Waals surface area contributed by atoms with E-state index in [1.54, 1.807) is 0 Å². The number of carbonyl (C=O) groups is 1. The molecule has 1 aliphatic heterocycles. The number of aliphatic hydroxyl groups excluding tert-OH is 1. The van der Waals surface area contributed by atoms with Crippen molar-refractivity contribution in [1.29, 1.82) is 0 Å². The number of hydrogen-bond acceptors (Lipinski definition) is 5. The van der Waals surface area contributed by atoms with E-state index in [-0.39, 0.29) is 5.92 Å². The van der Waals surface area contributed by atoms with Crippen molar-refractivity contribution in [3.05, 3.63) is 11.6 Å². The highest BCUT2D eigenvalue weighted by Gasteiger charge is 2.29. The van der Waals surface area contributed by atoms with Gasteiger partial charge in [0.15, 0.2) is 0 Å². The Morgan fingerprint density at radius 3 is 2.21 bits per heavy atom. The first-order valence-corrected chi connectivity index (χ1v) is 9.45. The number of ether oxygens (including phenoxy) is 1. The van der Waals surface area contributed by atoms with Crippen molar-refractivity contribution in [2.75, 3.05) is 0 Å². The van der Waals surface area contributed by atoms with Gasteiger partial charge in [-0.25, -0.2) is 4.79 Å². The summed E-state index contributed by atoms with van der Waals surface area (Å²) in [6, 6.07) is 0. The third kappa shape index (κ3) is 8.48. The largest absolute Gasteiger partial charge is 0.429 e. The first kappa shape index (κ1) is 20.7. The zero-order chi connectivity index (χ0) is 17.6. The number of carbonyl (C=O) groups excluding carboxylic acids is 1. The summed E-state index contributed by atoms with van der Waals surface area (Å²) in [5, 5.41) is 21.4. The van der Waals surface area contributed by atoms with Gasteiger partial charge in [0.25, 0.3) is 0 Å². The number of aliphatic hydroxyl groups is 1. The fraction of sp³-hybridized carbons (Fsp3) is 0.789.